The van der Waals surface area contributed by atoms with Crippen LogP contribution in [0.3, 0.4) is 0 Å². The van der Waals surface area contributed by atoms with Gasteiger partial charge in [-0.25, -0.2) is 0 Å². The molecule has 1 aliphatic carbocycles. The van der Waals surface area contributed by atoms with Gasteiger partial charge in [0.2, 0.25) is 0 Å². The topological polar surface area (TPSA) is 45.7 Å². The fraction of sp³-hybridized carbons (Fsp3) is 0.588. The number of hydrogen-bond donors (Lipinski definition) is 2. The zero-order valence-electron chi connectivity index (χ0n) is 14.4. The first-order chi connectivity index (χ1) is 11.9. The van der Waals surface area contributed by atoms with Crippen LogP contribution in [0.4, 0.5) is 13.2 Å². The van der Waals surface area contributed by atoms with Crippen molar-refractivity contribution in [1.29, 1.82) is 0 Å². The molecule has 0 bridgehead atoms. The summed E-state index contributed by atoms with van der Waals surface area (Å²) in [6, 6.07) is 7.00. The summed E-state index contributed by atoms with van der Waals surface area (Å²) in [6.07, 6.45) is 1.30. The number of halogens is 3. The highest BCUT2D eigenvalue weighted by Gasteiger charge is 2.28. The molecular formula is C17H24F3N3OS. The average Bonchev–Trinajstić information content (AvgIpc) is 3.04. The fourth-order valence-electron chi connectivity index (χ4n) is 2.73. The maximum absolute atomic E-state index is 12.1. The molecule has 1 saturated carbocycles. The van der Waals surface area contributed by atoms with Crippen LogP contribution >= 0.6 is 11.8 Å². The Kier molecular flexibility index (Phi) is 7.28. The van der Waals surface area contributed by atoms with Gasteiger partial charge in [0.25, 0.3) is 0 Å². The zero-order valence-corrected chi connectivity index (χ0v) is 15.2. The average molecular weight is 375 g/mol. The highest BCUT2D eigenvalue weighted by Crippen LogP contribution is 2.28. The molecule has 0 radical (unpaired) electrons. The smallest absolute Gasteiger partial charge is 0.422 e. The van der Waals surface area contributed by atoms with E-state index >= 15 is 0 Å². The van der Waals surface area contributed by atoms with Crippen molar-refractivity contribution >= 4 is 17.7 Å². The van der Waals surface area contributed by atoms with Gasteiger partial charge >= 0.3 is 6.18 Å². The van der Waals surface area contributed by atoms with Gasteiger partial charge in [-0.1, -0.05) is 12.1 Å². The first-order valence-corrected chi connectivity index (χ1v) is 9.47. The molecular weight excluding hydrogens is 351 g/mol. The second kappa shape index (κ2) is 9.22. The Hall–Kier alpha value is -1.57. The number of alkyl halides is 3. The van der Waals surface area contributed by atoms with E-state index in [-0.39, 0.29) is 5.75 Å². The van der Waals surface area contributed by atoms with Crippen molar-refractivity contribution in [1.82, 2.24) is 10.6 Å². The second-order valence-electron chi connectivity index (χ2n) is 5.99. The third-order valence-electron chi connectivity index (χ3n) is 4.07. The molecule has 1 fully saturated rings. The molecule has 25 heavy (non-hydrogen) atoms. The van der Waals surface area contributed by atoms with Gasteiger partial charge in [-0.3, -0.25) is 4.99 Å². The van der Waals surface area contributed by atoms with Crippen LogP contribution in [-0.4, -0.2) is 43.3 Å². The van der Waals surface area contributed by atoms with Crippen molar-refractivity contribution in [2.24, 2.45) is 4.99 Å². The molecule has 2 atom stereocenters. The van der Waals surface area contributed by atoms with E-state index in [0.717, 1.165) is 24.4 Å². The first kappa shape index (κ1) is 19.8. The summed E-state index contributed by atoms with van der Waals surface area (Å²) in [5.74, 6) is 0.946. The van der Waals surface area contributed by atoms with Crippen LogP contribution in [-0.2, 0) is 6.54 Å². The quantitative estimate of drug-likeness (QED) is 0.589. The monoisotopic (exact) mass is 375 g/mol. The van der Waals surface area contributed by atoms with Crippen LogP contribution in [0.25, 0.3) is 0 Å². The highest BCUT2D eigenvalue weighted by molar-refractivity contribution is 7.99. The minimum absolute atomic E-state index is 0.206. The summed E-state index contributed by atoms with van der Waals surface area (Å²) in [7, 11) is 1.73. The maximum Gasteiger partial charge on any atom is 0.422 e. The van der Waals surface area contributed by atoms with E-state index in [4.69, 9.17) is 4.74 Å². The second-order valence-corrected chi connectivity index (χ2v) is 7.12. The third-order valence-corrected chi connectivity index (χ3v) is 5.16. The minimum Gasteiger partial charge on any atom is -0.484 e. The van der Waals surface area contributed by atoms with E-state index < -0.39 is 12.8 Å². The van der Waals surface area contributed by atoms with Crippen molar-refractivity contribution in [3.8, 4) is 5.75 Å². The molecule has 1 aromatic carbocycles. The number of aliphatic imine (C=N–C) groups is 1. The minimum atomic E-state index is -4.33. The van der Waals surface area contributed by atoms with E-state index in [1.165, 1.54) is 6.42 Å². The molecule has 0 aromatic heterocycles. The molecule has 140 valence electrons. The first-order valence-electron chi connectivity index (χ1n) is 8.18. The van der Waals surface area contributed by atoms with Gasteiger partial charge in [0.05, 0.1) is 0 Å². The lowest BCUT2D eigenvalue weighted by molar-refractivity contribution is -0.153. The van der Waals surface area contributed by atoms with Crippen molar-refractivity contribution in [2.45, 2.75) is 43.3 Å². The predicted octanol–water partition coefficient (Wildman–Crippen LogP) is 3.58. The molecule has 2 unspecified atom stereocenters. The molecule has 8 heteroatoms. The van der Waals surface area contributed by atoms with Crippen LogP contribution < -0.4 is 15.4 Å². The lowest BCUT2D eigenvalue weighted by Gasteiger charge is -2.17. The standard InChI is InChI=1S/C17H24F3N3OS/c1-21-16(23-13-5-8-15(9-13)25-2)22-10-12-3-6-14(7-4-12)24-11-17(18,19)20/h3-4,6-7,13,15H,5,8-11H2,1-2H3,(H2,21,22,23). The molecule has 1 aliphatic rings. The van der Waals surface area contributed by atoms with Crippen LogP contribution in [0.2, 0.25) is 0 Å². The number of benzene rings is 1. The molecule has 2 rings (SSSR count). The highest BCUT2D eigenvalue weighted by atomic mass is 32.2. The third kappa shape index (κ3) is 7.05. The van der Waals surface area contributed by atoms with E-state index in [2.05, 4.69) is 21.9 Å². The molecule has 1 aromatic rings. The molecule has 0 aliphatic heterocycles. The van der Waals surface area contributed by atoms with Gasteiger partial charge < -0.3 is 15.4 Å². The molecule has 0 saturated heterocycles. The molecule has 2 N–H and O–H groups in total. The van der Waals surface area contributed by atoms with Crippen LogP contribution in [0, 0.1) is 0 Å². The Morgan fingerprint density at radius 1 is 1.28 bits per heavy atom. The van der Waals surface area contributed by atoms with Crippen molar-refractivity contribution in [2.75, 3.05) is 19.9 Å². The number of guanidine groups is 1. The Morgan fingerprint density at radius 3 is 2.56 bits per heavy atom. The van der Waals surface area contributed by atoms with Crippen molar-refractivity contribution in [3.05, 3.63) is 29.8 Å². The van der Waals surface area contributed by atoms with Gasteiger partial charge in [-0.15, -0.1) is 0 Å². The number of thioether (sulfide) groups is 1. The molecule has 0 spiro atoms. The van der Waals surface area contributed by atoms with E-state index in [9.17, 15) is 13.2 Å². The summed E-state index contributed by atoms with van der Waals surface area (Å²) >= 11 is 1.91. The van der Waals surface area contributed by atoms with Crippen molar-refractivity contribution < 1.29 is 17.9 Å². The van der Waals surface area contributed by atoms with Crippen LogP contribution in [0.15, 0.2) is 29.3 Å². The van der Waals surface area contributed by atoms with Gasteiger partial charge in [0.15, 0.2) is 12.6 Å². The Bertz CT molecular complexity index is 563. The van der Waals surface area contributed by atoms with Gasteiger partial charge in [-0.2, -0.15) is 24.9 Å². The Labute approximate surface area is 150 Å². The van der Waals surface area contributed by atoms with Gasteiger partial charge in [0, 0.05) is 24.9 Å². The van der Waals surface area contributed by atoms with Crippen LogP contribution in [0.5, 0.6) is 5.75 Å². The molecule has 0 heterocycles. The molecule has 0 amide bonds. The largest absolute Gasteiger partial charge is 0.484 e. The summed E-state index contributed by atoms with van der Waals surface area (Å²) in [5, 5.41) is 7.36. The summed E-state index contributed by atoms with van der Waals surface area (Å²) < 4.78 is 41.1. The maximum atomic E-state index is 12.1. The summed E-state index contributed by atoms with van der Waals surface area (Å²) in [4.78, 5) is 4.23. The van der Waals surface area contributed by atoms with Crippen LogP contribution in [0.1, 0.15) is 24.8 Å². The number of rotatable bonds is 6. The van der Waals surface area contributed by atoms with E-state index in [0.29, 0.717) is 17.8 Å². The number of nitrogens with zero attached hydrogens (tertiary/aromatic N) is 1. The number of nitrogens with one attached hydrogen (secondary N) is 2. The number of ether oxygens (including phenoxy) is 1. The Balaban J connectivity index is 1.77. The lowest BCUT2D eigenvalue weighted by atomic mass is 10.2. The van der Waals surface area contributed by atoms with E-state index in [1.54, 1.807) is 31.3 Å². The normalized spacial score (nSPS) is 21.2. The van der Waals surface area contributed by atoms with Crippen molar-refractivity contribution in [3.63, 3.8) is 0 Å². The Morgan fingerprint density at radius 2 is 2.00 bits per heavy atom. The SMILES string of the molecule is CN=C(NCc1ccc(OCC(F)(F)F)cc1)NC1CCC(SC)C1. The predicted molar refractivity (Wildman–Crippen MR) is 96.3 cm³/mol. The lowest BCUT2D eigenvalue weighted by Crippen LogP contribution is -2.42. The van der Waals surface area contributed by atoms with Gasteiger partial charge in [0.1, 0.15) is 5.75 Å². The number of hydrogen-bond acceptors (Lipinski definition) is 3. The fourth-order valence-corrected chi connectivity index (χ4v) is 3.52. The molecule has 4 nitrogen and oxygen atoms in total. The summed E-state index contributed by atoms with van der Waals surface area (Å²) in [5.41, 5.74) is 0.940. The van der Waals surface area contributed by atoms with Gasteiger partial charge in [-0.05, 0) is 43.2 Å². The zero-order chi connectivity index (χ0) is 18.3. The van der Waals surface area contributed by atoms with E-state index in [1.807, 2.05) is 11.8 Å². The summed E-state index contributed by atoms with van der Waals surface area (Å²) in [6.45, 7) is -0.739.